The Labute approximate surface area is 192 Å². The lowest BCUT2D eigenvalue weighted by Crippen LogP contribution is -2.26. The fourth-order valence-corrected chi connectivity index (χ4v) is 3.62. The van der Waals surface area contributed by atoms with E-state index < -0.39 is 0 Å². The molecule has 0 fully saturated rings. The lowest BCUT2D eigenvalue weighted by atomic mass is 10.2. The highest BCUT2D eigenvalue weighted by molar-refractivity contribution is 9.10. The van der Waals surface area contributed by atoms with Crippen molar-refractivity contribution in [1.82, 2.24) is 20.0 Å². The van der Waals surface area contributed by atoms with E-state index >= 15 is 0 Å². The summed E-state index contributed by atoms with van der Waals surface area (Å²) in [6, 6.07) is 12.3. The molecular formula is C22H21BrN6O3. The van der Waals surface area contributed by atoms with E-state index in [4.69, 9.17) is 10.5 Å². The number of nitrogens with zero attached hydrogens (tertiary/aromatic N) is 4. The number of fused-ring (bicyclic) bond motifs is 2. The minimum absolute atomic E-state index is 0.0552. The van der Waals surface area contributed by atoms with Gasteiger partial charge >= 0.3 is 0 Å². The number of amides is 1. The van der Waals surface area contributed by atoms with Crippen LogP contribution in [0.2, 0.25) is 0 Å². The molecule has 164 valence electrons. The van der Waals surface area contributed by atoms with Crippen LogP contribution in [-0.4, -0.2) is 52.1 Å². The van der Waals surface area contributed by atoms with E-state index in [1.165, 1.54) is 10.9 Å². The Hall–Kier alpha value is -3.50. The van der Waals surface area contributed by atoms with Crippen LogP contribution in [0.25, 0.3) is 22.2 Å². The molecule has 4 aromatic rings. The number of aromatic nitrogens is 3. The number of aromatic hydroxyl groups is 1. The van der Waals surface area contributed by atoms with Crippen LogP contribution in [0.1, 0.15) is 22.3 Å². The zero-order chi connectivity index (χ0) is 22.7. The number of ether oxygens (including phenoxy) is 1. The van der Waals surface area contributed by atoms with Gasteiger partial charge < -0.3 is 20.9 Å². The maximum absolute atomic E-state index is 13.0. The molecule has 0 atom stereocenters. The number of benzene rings is 2. The van der Waals surface area contributed by atoms with Gasteiger partial charge in [-0.2, -0.15) is 9.78 Å². The van der Waals surface area contributed by atoms with E-state index in [2.05, 4.69) is 36.3 Å². The first-order valence-electron chi connectivity index (χ1n) is 9.86. The highest BCUT2D eigenvalue weighted by atomic mass is 79.9. The lowest BCUT2D eigenvalue weighted by Gasteiger charge is -2.05. The average Bonchev–Trinajstić information content (AvgIpc) is 3.05. The summed E-state index contributed by atoms with van der Waals surface area (Å²) >= 11 is 3.37. The second kappa shape index (κ2) is 9.33. The average molecular weight is 497 g/mol. The van der Waals surface area contributed by atoms with Crippen LogP contribution in [0.3, 0.4) is 0 Å². The fraction of sp³-hybridized carbons (Fsp3) is 0.182. The van der Waals surface area contributed by atoms with Gasteiger partial charge in [-0.25, -0.2) is 9.97 Å². The normalized spacial score (nSPS) is 11.6. The third-order valence-corrected chi connectivity index (χ3v) is 5.31. The van der Waals surface area contributed by atoms with Crippen molar-refractivity contribution in [2.24, 2.45) is 5.10 Å². The second-order valence-corrected chi connectivity index (χ2v) is 7.92. The Balaban J connectivity index is 1.83. The molecule has 0 saturated carbocycles. The maximum Gasteiger partial charge on any atom is 0.257 e. The molecule has 2 aromatic carbocycles. The minimum Gasteiger partial charge on any atom is -0.507 e. The predicted octanol–water partition coefficient (Wildman–Crippen LogP) is 3.28. The van der Waals surface area contributed by atoms with Gasteiger partial charge in [-0.05, 0) is 36.8 Å². The van der Waals surface area contributed by atoms with Gasteiger partial charge in [0.25, 0.3) is 5.91 Å². The number of carbonyl (C=O) groups is 1. The Morgan fingerprint density at radius 2 is 2.03 bits per heavy atom. The van der Waals surface area contributed by atoms with Gasteiger partial charge in [-0.1, -0.05) is 28.1 Å². The highest BCUT2D eigenvalue weighted by Gasteiger charge is 2.23. The van der Waals surface area contributed by atoms with E-state index in [9.17, 15) is 9.90 Å². The van der Waals surface area contributed by atoms with E-state index in [1.54, 1.807) is 25.3 Å². The molecule has 1 amide bonds. The molecule has 32 heavy (non-hydrogen) atoms. The molecule has 0 bridgehead atoms. The van der Waals surface area contributed by atoms with Crippen molar-refractivity contribution >= 4 is 56.1 Å². The molecule has 9 nitrogen and oxygen atoms in total. The van der Waals surface area contributed by atoms with Crippen molar-refractivity contribution < 1.29 is 14.6 Å². The summed E-state index contributed by atoms with van der Waals surface area (Å²) in [4.78, 5) is 22.2. The molecule has 0 aliphatic heterocycles. The number of rotatable bonds is 7. The van der Waals surface area contributed by atoms with Crippen LogP contribution in [0.5, 0.6) is 5.75 Å². The Bertz CT molecular complexity index is 1330. The molecular weight excluding hydrogens is 476 g/mol. The van der Waals surface area contributed by atoms with E-state index in [-0.39, 0.29) is 23.0 Å². The molecule has 10 heteroatoms. The number of hydrogen-bond acceptors (Lipinski definition) is 7. The third-order valence-electron chi connectivity index (χ3n) is 4.81. The number of para-hydroxylation sites is 2. The summed E-state index contributed by atoms with van der Waals surface area (Å²) in [6.07, 6.45) is 2.11. The van der Waals surface area contributed by atoms with E-state index in [0.29, 0.717) is 47.3 Å². The van der Waals surface area contributed by atoms with Gasteiger partial charge in [0, 0.05) is 30.3 Å². The minimum atomic E-state index is -0.368. The molecule has 0 aliphatic rings. The first-order valence-corrected chi connectivity index (χ1v) is 10.7. The van der Waals surface area contributed by atoms with Crippen LogP contribution < -0.4 is 11.1 Å². The van der Waals surface area contributed by atoms with Gasteiger partial charge in [0.05, 0.1) is 17.2 Å². The van der Waals surface area contributed by atoms with Crippen molar-refractivity contribution in [1.29, 1.82) is 0 Å². The lowest BCUT2D eigenvalue weighted by molar-refractivity contribution is 0.0951. The SMILES string of the molecule is COCCCNC(=O)c1c(N)n(/N=C\c2cc(Br)ccc2O)c2nc3ccccc3nc12. The Morgan fingerprint density at radius 3 is 2.78 bits per heavy atom. The van der Waals surface area contributed by atoms with Crippen LogP contribution in [-0.2, 0) is 4.74 Å². The van der Waals surface area contributed by atoms with Crippen molar-refractivity contribution in [3.05, 3.63) is 58.1 Å². The molecule has 2 heterocycles. The van der Waals surface area contributed by atoms with Crippen molar-refractivity contribution in [3.63, 3.8) is 0 Å². The first-order chi connectivity index (χ1) is 15.5. The zero-order valence-electron chi connectivity index (χ0n) is 17.2. The Morgan fingerprint density at radius 1 is 1.28 bits per heavy atom. The smallest absolute Gasteiger partial charge is 0.257 e. The summed E-state index contributed by atoms with van der Waals surface area (Å²) in [5, 5.41) is 17.4. The number of nitrogen functional groups attached to an aromatic ring is 1. The number of halogens is 1. The Kier molecular flexibility index (Phi) is 6.33. The van der Waals surface area contributed by atoms with Crippen molar-refractivity contribution in [3.8, 4) is 5.75 Å². The number of anilines is 1. The molecule has 4 N–H and O–H groups in total. The van der Waals surface area contributed by atoms with Gasteiger partial charge in [-0.3, -0.25) is 4.79 Å². The number of phenols is 1. The summed E-state index contributed by atoms with van der Waals surface area (Å²) in [7, 11) is 1.61. The molecule has 0 aliphatic carbocycles. The fourth-order valence-electron chi connectivity index (χ4n) is 3.24. The van der Waals surface area contributed by atoms with Gasteiger partial charge in [0.15, 0.2) is 5.65 Å². The summed E-state index contributed by atoms with van der Waals surface area (Å²) < 4.78 is 7.16. The summed E-state index contributed by atoms with van der Waals surface area (Å²) in [5.74, 6) is -0.211. The topological polar surface area (TPSA) is 128 Å². The molecule has 0 spiro atoms. The largest absolute Gasteiger partial charge is 0.507 e. The summed E-state index contributed by atoms with van der Waals surface area (Å²) in [6.45, 7) is 0.956. The second-order valence-electron chi connectivity index (χ2n) is 7.01. The van der Waals surface area contributed by atoms with E-state index in [1.807, 2.05) is 24.3 Å². The van der Waals surface area contributed by atoms with Gasteiger partial charge in [0.1, 0.15) is 22.6 Å². The number of methoxy groups -OCH3 is 1. The molecule has 0 radical (unpaired) electrons. The number of phenolic OH excluding ortho intramolecular Hbond substituents is 1. The van der Waals surface area contributed by atoms with Crippen LogP contribution in [0, 0.1) is 0 Å². The zero-order valence-corrected chi connectivity index (χ0v) is 18.8. The standard InChI is InChI=1S/C22H21BrN6O3/c1-32-10-4-9-25-22(31)18-19-21(28-16-6-3-2-5-15(16)27-19)29(20(18)24)26-12-13-11-14(23)7-8-17(13)30/h2-3,5-8,11-12,30H,4,9-10,24H2,1H3,(H,25,31)/b26-12-. The molecule has 0 unspecified atom stereocenters. The third kappa shape index (κ3) is 4.27. The first kappa shape index (κ1) is 21.7. The molecule has 0 saturated heterocycles. The highest BCUT2D eigenvalue weighted by Crippen LogP contribution is 2.28. The van der Waals surface area contributed by atoms with Crippen LogP contribution in [0.15, 0.2) is 52.0 Å². The van der Waals surface area contributed by atoms with Gasteiger partial charge in [0.2, 0.25) is 0 Å². The number of hydrogen-bond donors (Lipinski definition) is 3. The number of nitrogens with two attached hydrogens (primary N) is 1. The van der Waals surface area contributed by atoms with E-state index in [0.717, 1.165) is 4.47 Å². The number of carbonyl (C=O) groups excluding carboxylic acids is 1. The monoisotopic (exact) mass is 496 g/mol. The predicted molar refractivity (Wildman–Crippen MR) is 127 cm³/mol. The molecule has 2 aromatic heterocycles. The summed E-state index contributed by atoms with van der Waals surface area (Å²) in [5.41, 5.74) is 9.00. The van der Waals surface area contributed by atoms with Crippen LogP contribution >= 0.6 is 15.9 Å². The maximum atomic E-state index is 13.0. The van der Waals surface area contributed by atoms with Crippen molar-refractivity contribution in [2.75, 3.05) is 26.0 Å². The quantitative estimate of drug-likeness (QED) is 0.266. The molecule has 4 rings (SSSR count). The van der Waals surface area contributed by atoms with Crippen molar-refractivity contribution in [2.45, 2.75) is 6.42 Å². The van der Waals surface area contributed by atoms with Crippen LogP contribution in [0.4, 0.5) is 5.82 Å². The number of nitrogens with one attached hydrogen (secondary N) is 1. The van der Waals surface area contributed by atoms with Gasteiger partial charge in [-0.15, -0.1) is 0 Å².